The van der Waals surface area contributed by atoms with Crippen LogP contribution in [0.3, 0.4) is 0 Å². The van der Waals surface area contributed by atoms with Crippen LogP contribution in [-0.2, 0) is 4.74 Å². The van der Waals surface area contributed by atoms with Crippen LogP contribution in [0, 0.1) is 12.3 Å². The van der Waals surface area contributed by atoms with Gasteiger partial charge in [0, 0.05) is 13.1 Å². The number of nitrogens with zero attached hydrogens (tertiary/aromatic N) is 1. The van der Waals surface area contributed by atoms with E-state index >= 15 is 0 Å². The van der Waals surface area contributed by atoms with Gasteiger partial charge in [0.1, 0.15) is 0 Å². The average molecular weight is 155 g/mol. The van der Waals surface area contributed by atoms with E-state index in [2.05, 4.69) is 10.8 Å². The molecular formula is C8H13NO2. The van der Waals surface area contributed by atoms with E-state index in [4.69, 9.17) is 16.3 Å². The Balaban J connectivity index is 2.38. The lowest BCUT2D eigenvalue weighted by molar-refractivity contribution is 0.0167. The maximum Gasteiger partial charge on any atom is 0.0947 e. The third-order valence-corrected chi connectivity index (χ3v) is 1.85. The van der Waals surface area contributed by atoms with Gasteiger partial charge in [0.05, 0.1) is 25.9 Å². The van der Waals surface area contributed by atoms with Crippen LogP contribution in [0.4, 0.5) is 0 Å². The molecule has 1 N–H and O–H groups in total. The first-order valence-corrected chi connectivity index (χ1v) is 3.77. The van der Waals surface area contributed by atoms with Crippen molar-refractivity contribution in [2.24, 2.45) is 0 Å². The topological polar surface area (TPSA) is 32.7 Å². The summed E-state index contributed by atoms with van der Waals surface area (Å²) in [5, 5.41) is 8.85. The van der Waals surface area contributed by atoms with Gasteiger partial charge < -0.3 is 9.84 Å². The van der Waals surface area contributed by atoms with E-state index in [9.17, 15) is 0 Å². The van der Waals surface area contributed by atoms with Crippen LogP contribution in [-0.4, -0.2) is 49.0 Å². The number of morpholine rings is 1. The van der Waals surface area contributed by atoms with Crippen LogP contribution in [0.5, 0.6) is 0 Å². The maximum absolute atomic E-state index is 8.85. The van der Waals surface area contributed by atoms with Gasteiger partial charge in [-0.05, 0) is 0 Å². The first kappa shape index (κ1) is 8.54. The van der Waals surface area contributed by atoms with Crippen molar-refractivity contribution in [3.63, 3.8) is 0 Å². The SMILES string of the molecule is C#C[C@H](CO)N1CCOCC1. The molecular weight excluding hydrogens is 142 g/mol. The summed E-state index contributed by atoms with van der Waals surface area (Å²) < 4.78 is 5.15. The molecule has 0 saturated carbocycles. The fourth-order valence-corrected chi connectivity index (χ4v) is 1.16. The van der Waals surface area contributed by atoms with Crippen LogP contribution < -0.4 is 0 Å². The molecule has 0 radical (unpaired) electrons. The minimum Gasteiger partial charge on any atom is -0.394 e. The number of aliphatic hydroxyl groups is 1. The quantitative estimate of drug-likeness (QED) is 0.536. The molecule has 1 heterocycles. The lowest BCUT2D eigenvalue weighted by Gasteiger charge is -2.30. The Bertz CT molecular complexity index is 147. The summed E-state index contributed by atoms with van der Waals surface area (Å²) >= 11 is 0. The fraction of sp³-hybridized carbons (Fsp3) is 0.750. The summed E-state index contributed by atoms with van der Waals surface area (Å²) in [6, 6.07) is -0.126. The smallest absolute Gasteiger partial charge is 0.0947 e. The normalized spacial score (nSPS) is 22.5. The molecule has 0 bridgehead atoms. The zero-order chi connectivity index (χ0) is 8.10. The van der Waals surface area contributed by atoms with Gasteiger partial charge in [-0.2, -0.15) is 0 Å². The average Bonchev–Trinajstić information content (AvgIpc) is 2.09. The van der Waals surface area contributed by atoms with E-state index in [1.807, 2.05) is 0 Å². The Morgan fingerprint density at radius 2 is 2.18 bits per heavy atom. The van der Waals surface area contributed by atoms with E-state index < -0.39 is 0 Å². The zero-order valence-electron chi connectivity index (χ0n) is 6.49. The van der Waals surface area contributed by atoms with Gasteiger partial charge in [-0.3, -0.25) is 4.90 Å². The Labute approximate surface area is 67.0 Å². The second kappa shape index (κ2) is 4.35. The molecule has 0 aromatic rings. The highest BCUT2D eigenvalue weighted by atomic mass is 16.5. The maximum atomic E-state index is 8.85. The summed E-state index contributed by atoms with van der Waals surface area (Å²) in [6.45, 7) is 3.14. The van der Waals surface area contributed by atoms with E-state index in [0.717, 1.165) is 26.3 Å². The summed E-state index contributed by atoms with van der Waals surface area (Å²) in [4.78, 5) is 2.06. The van der Waals surface area contributed by atoms with Gasteiger partial charge in [-0.15, -0.1) is 6.42 Å². The minimum atomic E-state index is -0.126. The first-order chi connectivity index (χ1) is 5.38. The van der Waals surface area contributed by atoms with Crippen molar-refractivity contribution < 1.29 is 9.84 Å². The molecule has 0 spiro atoms. The Morgan fingerprint density at radius 3 is 2.64 bits per heavy atom. The van der Waals surface area contributed by atoms with Crippen molar-refractivity contribution in [2.75, 3.05) is 32.9 Å². The van der Waals surface area contributed by atoms with Gasteiger partial charge in [-0.1, -0.05) is 5.92 Å². The highest BCUT2D eigenvalue weighted by molar-refractivity contribution is 5.00. The van der Waals surface area contributed by atoms with Gasteiger partial charge in [0.25, 0.3) is 0 Å². The van der Waals surface area contributed by atoms with Crippen molar-refractivity contribution in [1.82, 2.24) is 4.90 Å². The second-order valence-corrected chi connectivity index (χ2v) is 2.51. The van der Waals surface area contributed by atoms with Gasteiger partial charge in [0.2, 0.25) is 0 Å². The molecule has 3 heteroatoms. The number of rotatable bonds is 2. The summed E-state index contributed by atoms with van der Waals surface area (Å²) in [5.74, 6) is 2.54. The number of hydrogen-bond acceptors (Lipinski definition) is 3. The van der Waals surface area contributed by atoms with Crippen LogP contribution >= 0.6 is 0 Å². The third-order valence-electron chi connectivity index (χ3n) is 1.85. The largest absolute Gasteiger partial charge is 0.394 e. The molecule has 11 heavy (non-hydrogen) atoms. The number of hydrogen-bond donors (Lipinski definition) is 1. The number of aliphatic hydroxyl groups excluding tert-OH is 1. The summed E-state index contributed by atoms with van der Waals surface area (Å²) in [5.41, 5.74) is 0. The zero-order valence-corrected chi connectivity index (χ0v) is 6.49. The molecule has 1 rings (SSSR count). The van der Waals surface area contributed by atoms with Gasteiger partial charge in [-0.25, -0.2) is 0 Å². The van der Waals surface area contributed by atoms with Crippen LogP contribution in [0.25, 0.3) is 0 Å². The second-order valence-electron chi connectivity index (χ2n) is 2.51. The van der Waals surface area contributed by atoms with Gasteiger partial charge >= 0.3 is 0 Å². The predicted octanol–water partition coefficient (Wildman–Crippen LogP) is -0.687. The number of ether oxygens (including phenoxy) is 1. The van der Waals surface area contributed by atoms with Crippen molar-refractivity contribution in [1.29, 1.82) is 0 Å². The number of terminal acetylenes is 1. The lowest BCUT2D eigenvalue weighted by Crippen LogP contribution is -2.44. The summed E-state index contributed by atoms with van der Waals surface area (Å²) in [7, 11) is 0. The molecule has 1 aliphatic heterocycles. The fourth-order valence-electron chi connectivity index (χ4n) is 1.16. The standard InChI is InChI=1S/C8H13NO2/c1-2-8(7-10)9-3-5-11-6-4-9/h1,8,10H,3-7H2/t8-/m1/s1. The molecule has 1 fully saturated rings. The molecule has 62 valence electrons. The molecule has 0 aliphatic carbocycles. The first-order valence-electron chi connectivity index (χ1n) is 3.77. The van der Waals surface area contributed by atoms with Crippen molar-refractivity contribution in [3.05, 3.63) is 0 Å². The van der Waals surface area contributed by atoms with Crippen LogP contribution in [0.2, 0.25) is 0 Å². The highest BCUT2D eigenvalue weighted by Crippen LogP contribution is 2.01. The molecule has 0 aromatic heterocycles. The van der Waals surface area contributed by atoms with E-state index in [0.29, 0.717) is 0 Å². The molecule has 0 unspecified atom stereocenters. The van der Waals surface area contributed by atoms with Crippen molar-refractivity contribution in [2.45, 2.75) is 6.04 Å². The molecule has 3 nitrogen and oxygen atoms in total. The van der Waals surface area contributed by atoms with E-state index in [1.54, 1.807) is 0 Å². The highest BCUT2D eigenvalue weighted by Gasteiger charge is 2.17. The van der Waals surface area contributed by atoms with Crippen LogP contribution in [0.15, 0.2) is 0 Å². The van der Waals surface area contributed by atoms with E-state index in [-0.39, 0.29) is 12.6 Å². The van der Waals surface area contributed by atoms with Crippen molar-refractivity contribution >= 4 is 0 Å². The van der Waals surface area contributed by atoms with Gasteiger partial charge in [0.15, 0.2) is 0 Å². The molecule has 0 amide bonds. The third kappa shape index (κ3) is 2.19. The van der Waals surface area contributed by atoms with E-state index in [1.165, 1.54) is 0 Å². The van der Waals surface area contributed by atoms with Crippen LogP contribution in [0.1, 0.15) is 0 Å². The van der Waals surface area contributed by atoms with Crippen molar-refractivity contribution in [3.8, 4) is 12.3 Å². The summed E-state index contributed by atoms with van der Waals surface area (Å²) in [6.07, 6.45) is 5.22. The monoisotopic (exact) mass is 155 g/mol. The minimum absolute atomic E-state index is 0.0382. The predicted molar refractivity (Wildman–Crippen MR) is 42.1 cm³/mol. The Hall–Kier alpha value is -0.560. The molecule has 1 aliphatic rings. The Kier molecular flexibility index (Phi) is 3.37. The lowest BCUT2D eigenvalue weighted by atomic mass is 10.2. The Morgan fingerprint density at radius 1 is 1.55 bits per heavy atom. The molecule has 0 aromatic carbocycles. The molecule has 1 atom stereocenters. The molecule has 1 saturated heterocycles.